The van der Waals surface area contributed by atoms with Gasteiger partial charge in [-0.25, -0.2) is 0 Å². The second-order valence-electron chi connectivity index (χ2n) is 4.02. The molecule has 0 radical (unpaired) electrons. The predicted molar refractivity (Wildman–Crippen MR) is 68.1 cm³/mol. The lowest BCUT2D eigenvalue weighted by molar-refractivity contribution is 0.320. The van der Waals surface area contributed by atoms with Crippen LogP contribution in [0.25, 0.3) is 11.1 Å². The van der Waals surface area contributed by atoms with Gasteiger partial charge in [-0.1, -0.05) is 29.4 Å². The summed E-state index contributed by atoms with van der Waals surface area (Å²) in [6, 6.07) is 11.3. The Hall–Kier alpha value is -2.49. The molecule has 0 heterocycles. The zero-order valence-electron chi connectivity index (χ0n) is 9.01. The minimum absolute atomic E-state index is 0.498. The Morgan fingerprint density at radius 3 is 2.06 bits per heavy atom. The third-order valence-electron chi connectivity index (χ3n) is 3.05. The van der Waals surface area contributed by atoms with Crippen LogP contribution in [-0.4, -0.2) is 10.9 Å². The highest BCUT2D eigenvalue weighted by Gasteiger charge is 2.25. The molecule has 0 aliphatic heterocycles. The maximum atomic E-state index is 9.14. The number of nitrogens with two attached hydrogens (primary N) is 2. The number of nitrogens with zero attached hydrogens (tertiary/aromatic N) is 1. The molecule has 2 aromatic rings. The van der Waals surface area contributed by atoms with E-state index < -0.39 is 0 Å². The fourth-order valence-corrected chi connectivity index (χ4v) is 2.23. The number of fused-ring (bicyclic) bond motifs is 3. The van der Waals surface area contributed by atoms with Crippen molar-refractivity contribution in [3.63, 3.8) is 0 Å². The van der Waals surface area contributed by atoms with Crippen molar-refractivity contribution in [2.24, 2.45) is 5.16 Å². The van der Waals surface area contributed by atoms with Gasteiger partial charge in [-0.2, -0.15) is 0 Å². The van der Waals surface area contributed by atoms with E-state index in [1.54, 1.807) is 6.07 Å². The average molecular weight is 225 g/mol. The van der Waals surface area contributed by atoms with Crippen molar-refractivity contribution >= 4 is 17.1 Å². The van der Waals surface area contributed by atoms with E-state index in [1.807, 2.05) is 30.3 Å². The first-order chi connectivity index (χ1) is 8.22. The van der Waals surface area contributed by atoms with Crippen LogP contribution in [0.3, 0.4) is 0 Å². The summed E-state index contributed by atoms with van der Waals surface area (Å²) in [7, 11) is 0. The molecule has 0 spiro atoms. The van der Waals surface area contributed by atoms with Gasteiger partial charge in [0.15, 0.2) is 0 Å². The highest BCUT2D eigenvalue weighted by atomic mass is 16.4. The van der Waals surface area contributed by atoms with Gasteiger partial charge in [0.05, 0.1) is 11.4 Å². The lowest BCUT2D eigenvalue weighted by Crippen LogP contribution is -2.01. The van der Waals surface area contributed by atoms with E-state index >= 15 is 0 Å². The molecular weight excluding hydrogens is 214 g/mol. The maximum Gasteiger partial charge on any atom is 0.118 e. The second-order valence-corrected chi connectivity index (χ2v) is 4.02. The first-order valence-electron chi connectivity index (χ1n) is 5.23. The monoisotopic (exact) mass is 225 g/mol. The summed E-state index contributed by atoms with van der Waals surface area (Å²) >= 11 is 0. The number of hydrogen-bond donors (Lipinski definition) is 3. The lowest BCUT2D eigenvalue weighted by atomic mass is 10.0. The molecule has 0 bridgehead atoms. The van der Waals surface area contributed by atoms with Crippen molar-refractivity contribution in [1.82, 2.24) is 0 Å². The molecular formula is C13H11N3O. The van der Waals surface area contributed by atoms with E-state index in [0.29, 0.717) is 17.1 Å². The van der Waals surface area contributed by atoms with Crippen molar-refractivity contribution in [1.29, 1.82) is 0 Å². The standard InChI is InChI=1S/C13H11N3O/c14-11-5-9-7-3-1-2-4-8(7)13(16-17)10(9)6-12(11)15/h1-6,17H,14-15H2/b16-13+. The van der Waals surface area contributed by atoms with Crippen LogP contribution in [0.2, 0.25) is 0 Å². The van der Waals surface area contributed by atoms with Gasteiger partial charge in [0, 0.05) is 11.1 Å². The molecule has 0 unspecified atom stereocenters. The van der Waals surface area contributed by atoms with Gasteiger partial charge in [0.2, 0.25) is 0 Å². The van der Waals surface area contributed by atoms with Crippen molar-refractivity contribution in [3.8, 4) is 11.1 Å². The van der Waals surface area contributed by atoms with Crippen molar-refractivity contribution < 1.29 is 5.21 Å². The summed E-state index contributed by atoms with van der Waals surface area (Å²) in [5.74, 6) is 0. The number of hydrogen-bond acceptors (Lipinski definition) is 4. The molecule has 2 aromatic carbocycles. The summed E-state index contributed by atoms with van der Waals surface area (Å²) in [4.78, 5) is 0. The zero-order chi connectivity index (χ0) is 12.0. The Bertz CT molecular complexity index is 647. The molecule has 3 rings (SSSR count). The first-order valence-corrected chi connectivity index (χ1v) is 5.23. The van der Waals surface area contributed by atoms with Gasteiger partial charge in [-0.15, -0.1) is 0 Å². The summed E-state index contributed by atoms with van der Waals surface area (Å²) < 4.78 is 0. The third-order valence-corrected chi connectivity index (χ3v) is 3.05. The fourth-order valence-electron chi connectivity index (χ4n) is 2.23. The number of benzene rings is 2. The van der Waals surface area contributed by atoms with Crippen molar-refractivity contribution in [3.05, 3.63) is 47.5 Å². The molecule has 5 N–H and O–H groups in total. The minimum Gasteiger partial charge on any atom is -0.410 e. The van der Waals surface area contributed by atoms with Gasteiger partial charge in [-0.05, 0) is 23.3 Å². The van der Waals surface area contributed by atoms with Gasteiger partial charge in [-0.3, -0.25) is 0 Å². The van der Waals surface area contributed by atoms with E-state index in [4.69, 9.17) is 16.7 Å². The highest BCUT2D eigenvalue weighted by Crippen LogP contribution is 2.39. The second kappa shape index (κ2) is 3.25. The van der Waals surface area contributed by atoms with Gasteiger partial charge < -0.3 is 16.7 Å². The van der Waals surface area contributed by atoms with E-state index in [1.165, 1.54) is 0 Å². The molecule has 0 saturated heterocycles. The van der Waals surface area contributed by atoms with E-state index in [2.05, 4.69) is 5.16 Å². The lowest BCUT2D eigenvalue weighted by Gasteiger charge is -2.04. The average Bonchev–Trinajstić information content (AvgIpc) is 2.63. The molecule has 17 heavy (non-hydrogen) atoms. The van der Waals surface area contributed by atoms with Gasteiger partial charge in [0.1, 0.15) is 5.71 Å². The Kier molecular flexibility index (Phi) is 1.86. The quantitative estimate of drug-likeness (QED) is 0.311. The summed E-state index contributed by atoms with van der Waals surface area (Å²) in [6.45, 7) is 0. The van der Waals surface area contributed by atoms with Crippen LogP contribution in [0.5, 0.6) is 0 Å². The Morgan fingerprint density at radius 2 is 1.41 bits per heavy atom. The number of nitrogen functional groups attached to an aromatic ring is 2. The molecule has 0 aromatic heterocycles. The van der Waals surface area contributed by atoms with E-state index in [0.717, 1.165) is 22.3 Å². The number of rotatable bonds is 0. The van der Waals surface area contributed by atoms with Gasteiger partial charge >= 0.3 is 0 Å². The first kappa shape index (κ1) is 9.72. The van der Waals surface area contributed by atoms with Crippen LogP contribution in [0, 0.1) is 0 Å². The SMILES string of the molecule is Nc1cc2c(cc1N)-c1ccccc1/C2=N\O. The highest BCUT2D eigenvalue weighted by molar-refractivity contribution is 6.25. The minimum atomic E-state index is 0.498. The predicted octanol–water partition coefficient (Wildman–Crippen LogP) is 2.06. The number of anilines is 2. The zero-order valence-corrected chi connectivity index (χ0v) is 9.01. The Morgan fingerprint density at radius 1 is 0.824 bits per heavy atom. The van der Waals surface area contributed by atoms with E-state index in [-0.39, 0.29) is 0 Å². The summed E-state index contributed by atoms with van der Waals surface area (Å²) in [6.07, 6.45) is 0. The Labute approximate surface area is 98.2 Å². The molecule has 4 heteroatoms. The molecule has 4 nitrogen and oxygen atoms in total. The molecule has 1 aliphatic carbocycles. The topological polar surface area (TPSA) is 84.6 Å². The van der Waals surface area contributed by atoms with Crippen molar-refractivity contribution in [2.75, 3.05) is 11.5 Å². The normalized spacial score (nSPS) is 14.7. The molecule has 0 amide bonds. The largest absolute Gasteiger partial charge is 0.410 e. The number of oxime groups is 1. The fraction of sp³-hybridized carbons (Fsp3) is 0. The van der Waals surface area contributed by atoms with Crippen LogP contribution >= 0.6 is 0 Å². The third kappa shape index (κ3) is 1.21. The molecule has 84 valence electrons. The molecule has 1 aliphatic rings. The van der Waals surface area contributed by atoms with Crippen molar-refractivity contribution in [2.45, 2.75) is 0 Å². The molecule has 0 saturated carbocycles. The molecule has 0 atom stereocenters. The van der Waals surface area contributed by atoms with Crippen LogP contribution in [-0.2, 0) is 0 Å². The maximum absolute atomic E-state index is 9.14. The summed E-state index contributed by atoms with van der Waals surface area (Å²) in [5, 5.41) is 12.5. The Balaban J connectivity index is 2.40. The summed E-state index contributed by atoms with van der Waals surface area (Å²) in [5.41, 5.74) is 16.9. The smallest absolute Gasteiger partial charge is 0.118 e. The van der Waals surface area contributed by atoms with E-state index in [9.17, 15) is 0 Å². The molecule has 0 fully saturated rings. The van der Waals surface area contributed by atoms with Crippen LogP contribution in [0.1, 0.15) is 11.1 Å². The van der Waals surface area contributed by atoms with Crippen LogP contribution in [0.4, 0.5) is 11.4 Å². The van der Waals surface area contributed by atoms with Gasteiger partial charge in [0.25, 0.3) is 0 Å². The van der Waals surface area contributed by atoms with Crippen LogP contribution in [0.15, 0.2) is 41.6 Å². The van der Waals surface area contributed by atoms with Crippen LogP contribution < -0.4 is 11.5 Å².